The van der Waals surface area contributed by atoms with Crippen LogP contribution in [0.2, 0.25) is 0 Å². The molecule has 0 saturated carbocycles. The third kappa shape index (κ3) is 3.18. The number of benzene rings is 2. The van der Waals surface area contributed by atoms with Crippen molar-refractivity contribution in [3.8, 4) is 0 Å². The van der Waals surface area contributed by atoms with Gasteiger partial charge in [-0.05, 0) is 29.7 Å². The summed E-state index contributed by atoms with van der Waals surface area (Å²) >= 11 is 0. The largest absolute Gasteiger partial charge is 0.387 e. The van der Waals surface area contributed by atoms with Crippen LogP contribution in [0.5, 0.6) is 0 Å². The van der Waals surface area contributed by atoms with Crippen LogP contribution in [0, 0.1) is 0 Å². The molecule has 2 N–H and O–H groups in total. The molecule has 0 fully saturated rings. The van der Waals surface area contributed by atoms with E-state index in [0.29, 0.717) is 18.6 Å². The number of hydrogen-bond acceptors (Lipinski definition) is 4. The van der Waals surface area contributed by atoms with Gasteiger partial charge >= 0.3 is 0 Å². The van der Waals surface area contributed by atoms with Gasteiger partial charge < -0.3 is 15.5 Å². The molecule has 2 aromatic rings. The van der Waals surface area contributed by atoms with Crippen molar-refractivity contribution in [3.63, 3.8) is 0 Å². The SMILES string of the molecule is C[C@@H](NC(=O)C1=NO[C@@H](c2ccccc2)C1)c1ccc2c(c1)CC(=O)N2. The van der Waals surface area contributed by atoms with Crippen LogP contribution in [-0.2, 0) is 20.8 Å². The Labute approximate surface area is 151 Å². The van der Waals surface area contributed by atoms with Gasteiger partial charge in [-0.25, -0.2) is 0 Å². The van der Waals surface area contributed by atoms with Gasteiger partial charge in [0, 0.05) is 12.1 Å². The van der Waals surface area contributed by atoms with Gasteiger partial charge in [0.1, 0.15) is 5.71 Å². The number of anilines is 1. The average molecular weight is 349 g/mol. The predicted octanol–water partition coefficient (Wildman–Crippen LogP) is 2.88. The van der Waals surface area contributed by atoms with Crippen LogP contribution in [-0.4, -0.2) is 17.5 Å². The van der Waals surface area contributed by atoms with Gasteiger partial charge in [0.2, 0.25) is 5.91 Å². The molecule has 0 aliphatic carbocycles. The van der Waals surface area contributed by atoms with Gasteiger partial charge in [0.15, 0.2) is 6.10 Å². The molecule has 2 amide bonds. The van der Waals surface area contributed by atoms with E-state index in [0.717, 1.165) is 22.4 Å². The lowest BCUT2D eigenvalue weighted by molar-refractivity contribution is -0.116. The standard InChI is InChI=1S/C20H19N3O3/c1-12(14-7-8-16-15(9-14)10-19(24)22-16)21-20(25)17-11-18(26-23-17)13-5-3-2-4-6-13/h2-9,12,18H,10-11H2,1H3,(H,21,25)(H,22,24)/t12-,18-/m1/s1. The molecule has 0 saturated heterocycles. The quantitative estimate of drug-likeness (QED) is 0.891. The minimum atomic E-state index is -0.231. The van der Waals surface area contributed by atoms with Crippen molar-refractivity contribution < 1.29 is 14.4 Å². The van der Waals surface area contributed by atoms with Crippen molar-refractivity contribution in [2.75, 3.05) is 5.32 Å². The molecule has 6 nitrogen and oxygen atoms in total. The van der Waals surface area contributed by atoms with Crippen LogP contribution in [0.3, 0.4) is 0 Å². The number of nitrogens with one attached hydrogen (secondary N) is 2. The summed E-state index contributed by atoms with van der Waals surface area (Å²) in [7, 11) is 0. The van der Waals surface area contributed by atoms with Crippen molar-refractivity contribution in [1.82, 2.24) is 5.32 Å². The number of amides is 2. The van der Waals surface area contributed by atoms with E-state index in [2.05, 4.69) is 15.8 Å². The second-order valence-electron chi connectivity index (χ2n) is 6.58. The molecule has 26 heavy (non-hydrogen) atoms. The second-order valence-corrected chi connectivity index (χ2v) is 6.58. The Morgan fingerprint density at radius 1 is 1.27 bits per heavy atom. The predicted molar refractivity (Wildman–Crippen MR) is 97.7 cm³/mol. The maximum atomic E-state index is 12.5. The minimum Gasteiger partial charge on any atom is -0.387 e. The summed E-state index contributed by atoms with van der Waals surface area (Å²) in [6, 6.07) is 15.3. The highest BCUT2D eigenvalue weighted by atomic mass is 16.6. The Morgan fingerprint density at radius 3 is 2.88 bits per heavy atom. The lowest BCUT2D eigenvalue weighted by atomic mass is 10.0. The second kappa shape index (κ2) is 6.63. The number of oxime groups is 1. The van der Waals surface area contributed by atoms with Crippen molar-refractivity contribution in [3.05, 3.63) is 65.2 Å². The molecule has 2 heterocycles. The topological polar surface area (TPSA) is 79.8 Å². The highest BCUT2D eigenvalue weighted by Crippen LogP contribution is 2.28. The molecule has 0 aromatic heterocycles. The molecule has 0 radical (unpaired) electrons. The highest BCUT2D eigenvalue weighted by Gasteiger charge is 2.28. The maximum Gasteiger partial charge on any atom is 0.269 e. The number of carbonyl (C=O) groups is 2. The lowest BCUT2D eigenvalue weighted by Crippen LogP contribution is -2.32. The Hall–Kier alpha value is -3.15. The van der Waals surface area contributed by atoms with Crippen LogP contribution in [0.1, 0.15) is 42.2 Å². The zero-order chi connectivity index (χ0) is 18.1. The zero-order valence-electron chi connectivity index (χ0n) is 14.4. The van der Waals surface area contributed by atoms with Crippen molar-refractivity contribution in [1.29, 1.82) is 0 Å². The van der Waals surface area contributed by atoms with E-state index in [9.17, 15) is 9.59 Å². The lowest BCUT2D eigenvalue weighted by Gasteiger charge is -2.15. The van der Waals surface area contributed by atoms with Crippen LogP contribution in [0.4, 0.5) is 5.69 Å². The smallest absolute Gasteiger partial charge is 0.269 e. The maximum absolute atomic E-state index is 12.5. The first-order valence-corrected chi connectivity index (χ1v) is 8.61. The number of hydrogen-bond donors (Lipinski definition) is 2. The van der Waals surface area contributed by atoms with Crippen LogP contribution < -0.4 is 10.6 Å². The summed E-state index contributed by atoms with van der Waals surface area (Å²) in [6.07, 6.45) is 0.609. The molecule has 0 unspecified atom stereocenters. The number of rotatable bonds is 4. The van der Waals surface area contributed by atoms with Gasteiger partial charge in [0.05, 0.1) is 12.5 Å². The van der Waals surface area contributed by atoms with Gasteiger partial charge in [-0.15, -0.1) is 0 Å². The van der Waals surface area contributed by atoms with Crippen LogP contribution >= 0.6 is 0 Å². The van der Waals surface area contributed by atoms with Gasteiger partial charge in [-0.1, -0.05) is 47.6 Å². The van der Waals surface area contributed by atoms with Crippen molar-refractivity contribution >= 4 is 23.2 Å². The molecular formula is C20H19N3O3. The van der Waals surface area contributed by atoms with E-state index in [1.54, 1.807) is 0 Å². The van der Waals surface area contributed by atoms with E-state index >= 15 is 0 Å². The molecule has 2 atom stereocenters. The fraction of sp³-hybridized carbons (Fsp3) is 0.250. The van der Waals surface area contributed by atoms with Crippen molar-refractivity contribution in [2.24, 2.45) is 5.16 Å². The van der Waals surface area contributed by atoms with Gasteiger partial charge in [-0.3, -0.25) is 9.59 Å². The Morgan fingerprint density at radius 2 is 2.08 bits per heavy atom. The molecular weight excluding hydrogens is 330 g/mol. The minimum absolute atomic E-state index is 0.00162. The van der Waals surface area contributed by atoms with E-state index in [4.69, 9.17) is 4.84 Å². The van der Waals surface area contributed by atoms with Crippen LogP contribution in [0.15, 0.2) is 53.7 Å². The summed E-state index contributed by atoms with van der Waals surface area (Å²) in [5.74, 6) is -0.233. The number of nitrogens with zero attached hydrogens (tertiary/aromatic N) is 1. The Kier molecular flexibility index (Phi) is 4.16. The summed E-state index contributed by atoms with van der Waals surface area (Å²) in [5, 5.41) is 9.72. The molecule has 2 aromatic carbocycles. The molecule has 6 heteroatoms. The molecule has 0 bridgehead atoms. The fourth-order valence-corrected chi connectivity index (χ4v) is 3.24. The Balaban J connectivity index is 1.39. The number of carbonyl (C=O) groups excluding carboxylic acids is 2. The first-order valence-electron chi connectivity index (χ1n) is 8.61. The molecule has 2 aliphatic heterocycles. The summed E-state index contributed by atoms with van der Waals surface area (Å²) in [5.41, 5.74) is 4.15. The first kappa shape index (κ1) is 16.3. The summed E-state index contributed by atoms with van der Waals surface area (Å²) < 4.78 is 0. The third-order valence-corrected chi connectivity index (χ3v) is 4.70. The summed E-state index contributed by atoms with van der Waals surface area (Å²) in [4.78, 5) is 29.4. The van der Waals surface area contributed by atoms with E-state index < -0.39 is 0 Å². The monoisotopic (exact) mass is 349 g/mol. The Bertz CT molecular complexity index is 892. The highest BCUT2D eigenvalue weighted by molar-refractivity contribution is 6.39. The average Bonchev–Trinajstić information content (AvgIpc) is 3.27. The number of fused-ring (bicyclic) bond motifs is 1. The zero-order valence-corrected chi connectivity index (χ0v) is 14.4. The summed E-state index contributed by atoms with van der Waals surface area (Å²) in [6.45, 7) is 1.91. The van der Waals surface area contributed by atoms with E-state index in [1.165, 1.54) is 0 Å². The molecule has 4 rings (SSSR count). The van der Waals surface area contributed by atoms with Gasteiger partial charge in [0.25, 0.3) is 5.91 Å². The molecule has 2 aliphatic rings. The van der Waals surface area contributed by atoms with E-state index in [1.807, 2.05) is 55.5 Å². The van der Waals surface area contributed by atoms with Crippen molar-refractivity contribution in [2.45, 2.75) is 31.9 Å². The first-order chi connectivity index (χ1) is 12.6. The third-order valence-electron chi connectivity index (χ3n) is 4.70. The fourth-order valence-electron chi connectivity index (χ4n) is 3.24. The molecule has 0 spiro atoms. The van der Waals surface area contributed by atoms with Crippen LogP contribution in [0.25, 0.3) is 0 Å². The molecule has 132 valence electrons. The van der Waals surface area contributed by atoms with Gasteiger partial charge in [-0.2, -0.15) is 0 Å². The normalized spacial score (nSPS) is 19.2. The van der Waals surface area contributed by atoms with E-state index in [-0.39, 0.29) is 24.0 Å².